The third kappa shape index (κ3) is 3.64. The predicted octanol–water partition coefficient (Wildman–Crippen LogP) is 6.21. The van der Waals surface area contributed by atoms with Crippen molar-refractivity contribution in [3.63, 3.8) is 0 Å². The molecule has 0 atom stereocenters. The Labute approximate surface area is 172 Å². The van der Waals surface area contributed by atoms with Gasteiger partial charge in [-0.15, -0.1) is 0 Å². The van der Waals surface area contributed by atoms with Crippen molar-refractivity contribution in [1.29, 1.82) is 0 Å². The topological polar surface area (TPSA) is 42.2 Å². The first-order valence-electron chi connectivity index (χ1n) is 8.83. The Kier molecular flexibility index (Phi) is 5.12. The third-order valence-electron chi connectivity index (χ3n) is 4.84. The zero-order chi connectivity index (χ0) is 19.7. The van der Waals surface area contributed by atoms with Gasteiger partial charge in [0.15, 0.2) is 0 Å². The molecule has 1 aromatic heterocycles. The summed E-state index contributed by atoms with van der Waals surface area (Å²) in [6.45, 7) is -0.0888. The van der Waals surface area contributed by atoms with Crippen LogP contribution in [0.1, 0.15) is 22.6 Å². The highest BCUT2D eigenvalue weighted by Crippen LogP contribution is 2.38. The van der Waals surface area contributed by atoms with E-state index in [-0.39, 0.29) is 12.5 Å². The molecule has 0 saturated heterocycles. The Balaban J connectivity index is 1.95. The lowest BCUT2D eigenvalue weighted by Gasteiger charge is -2.18. The van der Waals surface area contributed by atoms with Crippen LogP contribution in [-0.4, -0.2) is 15.6 Å². The third-order valence-corrected chi connectivity index (χ3v) is 5.35. The van der Waals surface area contributed by atoms with Crippen LogP contribution in [-0.2, 0) is 11.3 Å². The van der Waals surface area contributed by atoms with Gasteiger partial charge in [-0.2, -0.15) is 0 Å². The summed E-state index contributed by atoms with van der Waals surface area (Å²) >= 11 is 12.2. The summed E-state index contributed by atoms with van der Waals surface area (Å²) in [7, 11) is 0. The first-order chi connectivity index (χ1) is 13.5. The minimum Gasteiger partial charge on any atom is -0.480 e. The van der Waals surface area contributed by atoms with Crippen LogP contribution in [0, 0.1) is 0 Å². The van der Waals surface area contributed by atoms with Gasteiger partial charge < -0.3 is 9.67 Å². The molecular formula is C23H17Cl2NO2. The summed E-state index contributed by atoms with van der Waals surface area (Å²) in [6, 6.07) is 23.4. The van der Waals surface area contributed by atoms with E-state index in [4.69, 9.17) is 23.2 Å². The van der Waals surface area contributed by atoms with Crippen molar-refractivity contribution in [3.05, 3.63) is 106 Å². The van der Waals surface area contributed by atoms with E-state index < -0.39 is 5.97 Å². The van der Waals surface area contributed by atoms with E-state index in [9.17, 15) is 9.90 Å². The van der Waals surface area contributed by atoms with Gasteiger partial charge in [0.1, 0.15) is 6.54 Å². The molecule has 0 aliphatic carbocycles. The first kappa shape index (κ1) is 18.6. The molecule has 0 radical (unpaired) electrons. The smallest absolute Gasteiger partial charge is 0.323 e. The highest BCUT2D eigenvalue weighted by Gasteiger charge is 2.22. The number of rotatable bonds is 5. The molecule has 4 aromatic rings. The Morgan fingerprint density at radius 2 is 1.39 bits per heavy atom. The number of hydrogen-bond acceptors (Lipinski definition) is 1. The number of carbonyl (C=O) groups is 1. The van der Waals surface area contributed by atoms with Gasteiger partial charge in [-0.1, -0.05) is 65.7 Å². The van der Waals surface area contributed by atoms with E-state index >= 15 is 0 Å². The van der Waals surface area contributed by atoms with Crippen LogP contribution in [0.5, 0.6) is 0 Å². The zero-order valence-electron chi connectivity index (χ0n) is 14.8. The Morgan fingerprint density at radius 1 is 0.857 bits per heavy atom. The first-order valence-corrected chi connectivity index (χ1v) is 9.59. The van der Waals surface area contributed by atoms with Crippen molar-refractivity contribution >= 4 is 40.1 Å². The van der Waals surface area contributed by atoms with E-state index in [1.165, 1.54) is 0 Å². The van der Waals surface area contributed by atoms with Crippen LogP contribution >= 0.6 is 23.2 Å². The molecule has 3 nitrogen and oxygen atoms in total. The number of aromatic nitrogens is 1. The predicted molar refractivity (Wildman–Crippen MR) is 113 cm³/mol. The normalized spacial score (nSPS) is 11.2. The molecule has 0 saturated carbocycles. The number of carboxylic acid groups (broad SMARTS) is 1. The number of nitrogens with zero attached hydrogens (tertiary/aromatic N) is 1. The molecule has 1 heterocycles. The molecule has 3 aromatic carbocycles. The van der Waals surface area contributed by atoms with E-state index in [1.54, 1.807) is 4.57 Å². The van der Waals surface area contributed by atoms with Crippen molar-refractivity contribution in [1.82, 2.24) is 4.57 Å². The molecular weight excluding hydrogens is 393 g/mol. The molecule has 0 spiro atoms. The van der Waals surface area contributed by atoms with Gasteiger partial charge in [0, 0.05) is 33.1 Å². The van der Waals surface area contributed by atoms with Crippen molar-refractivity contribution in [2.75, 3.05) is 0 Å². The minimum atomic E-state index is -0.873. The number of fused-ring (bicyclic) bond motifs is 1. The lowest BCUT2D eigenvalue weighted by molar-refractivity contribution is -0.137. The summed E-state index contributed by atoms with van der Waals surface area (Å²) in [5.74, 6) is -0.948. The fourth-order valence-electron chi connectivity index (χ4n) is 3.64. The summed E-state index contributed by atoms with van der Waals surface area (Å²) in [4.78, 5) is 11.4. The fourth-order valence-corrected chi connectivity index (χ4v) is 3.90. The molecule has 0 bridgehead atoms. The van der Waals surface area contributed by atoms with E-state index in [0.29, 0.717) is 10.0 Å². The average Bonchev–Trinajstić information content (AvgIpc) is 3.03. The molecule has 0 aliphatic heterocycles. The molecule has 0 fully saturated rings. The van der Waals surface area contributed by atoms with Gasteiger partial charge in [0.05, 0.1) is 0 Å². The van der Waals surface area contributed by atoms with Gasteiger partial charge in [0.25, 0.3) is 0 Å². The molecule has 0 aliphatic rings. The van der Waals surface area contributed by atoms with Crippen LogP contribution in [0.2, 0.25) is 10.0 Å². The maximum absolute atomic E-state index is 11.4. The summed E-state index contributed by atoms with van der Waals surface area (Å²) in [5.41, 5.74) is 4.09. The van der Waals surface area contributed by atoms with E-state index in [2.05, 4.69) is 0 Å². The summed E-state index contributed by atoms with van der Waals surface area (Å²) in [5, 5.41) is 11.7. The van der Waals surface area contributed by atoms with Crippen LogP contribution in [0.15, 0.2) is 79.0 Å². The lowest BCUT2D eigenvalue weighted by Crippen LogP contribution is -2.07. The van der Waals surface area contributed by atoms with Crippen molar-refractivity contribution in [2.24, 2.45) is 0 Å². The molecule has 4 rings (SSSR count). The molecule has 1 N–H and O–H groups in total. The van der Waals surface area contributed by atoms with E-state index in [1.807, 2.05) is 79.0 Å². The standard InChI is InChI=1S/C23H17Cl2NO2/c24-17-9-5-15(6-10-17)23(16-7-11-18(25)12-8-16)20-13-26(14-22(27)28)21-4-2-1-3-19(20)21/h1-13,23H,14H2,(H,27,28). The summed E-state index contributed by atoms with van der Waals surface area (Å²) < 4.78 is 1.78. The molecule has 140 valence electrons. The quantitative estimate of drug-likeness (QED) is 0.425. The minimum absolute atomic E-state index is 0.0746. The second kappa shape index (κ2) is 7.70. The van der Waals surface area contributed by atoms with Gasteiger partial charge in [-0.3, -0.25) is 4.79 Å². The number of carboxylic acids is 1. The monoisotopic (exact) mass is 409 g/mol. The Morgan fingerprint density at radius 3 is 1.93 bits per heavy atom. The lowest BCUT2D eigenvalue weighted by atomic mass is 9.85. The Hall–Kier alpha value is -2.75. The van der Waals surface area contributed by atoms with Crippen molar-refractivity contribution in [3.8, 4) is 0 Å². The van der Waals surface area contributed by atoms with Crippen LogP contribution < -0.4 is 0 Å². The second-order valence-corrected chi connectivity index (χ2v) is 7.53. The van der Waals surface area contributed by atoms with Gasteiger partial charge >= 0.3 is 5.97 Å². The van der Waals surface area contributed by atoms with Gasteiger partial charge in [-0.05, 0) is 47.0 Å². The van der Waals surface area contributed by atoms with Crippen LogP contribution in [0.25, 0.3) is 10.9 Å². The van der Waals surface area contributed by atoms with E-state index in [0.717, 1.165) is 27.6 Å². The highest BCUT2D eigenvalue weighted by molar-refractivity contribution is 6.30. The molecule has 0 unspecified atom stereocenters. The maximum Gasteiger partial charge on any atom is 0.323 e. The van der Waals surface area contributed by atoms with Crippen LogP contribution in [0.4, 0.5) is 0 Å². The average molecular weight is 410 g/mol. The SMILES string of the molecule is O=C(O)Cn1cc(C(c2ccc(Cl)cc2)c2ccc(Cl)cc2)c2ccccc21. The molecule has 28 heavy (non-hydrogen) atoms. The van der Waals surface area contributed by atoms with Crippen molar-refractivity contribution in [2.45, 2.75) is 12.5 Å². The summed E-state index contributed by atoms with van der Waals surface area (Å²) in [6.07, 6.45) is 1.94. The maximum atomic E-state index is 11.4. The Bertz CT molecular complexity index is 1090. The molecule has 5 heteroatoms. The van der Waals surface area contributed by atoms with Crippen LogP contribution in [0.3, 0.4) is 0 Å². The largest absolute Gasteiger partial charge is 0.480 e. The van der Waals surface area contributed by atoms with Gasteiger partial charge in [-0.25, -0.2) is 0 Å². The number of hydrogen-bond donors (Lipinski definition) is 1. The highest BCUT2D eigenvalue weighted by atomic mass is 35.5. The van der Waals surface area contributed by atoms with Crippen molar-refractivity contribution < 1.29 is 9.90 Å². The van der Waals surface area contributed by atoms with Gasteiger partial charge in [0.2, 0.25) is 0 Å². The zero-order valence-corrected chi connectivity index (χ0v) is 16.4. The number of benzene rings is 3. The molecule has 0 amide bonds. The fraction of sp³-hybridized carbons (Fsp3) is 0.0870. The second-order valence-electron chi connectivity index (χ2n) is 6.66. The number of aliphatic carboxylic acids is 1. The number of halogens is 2. The number of para-hydroxylation sites is 1.